The molecule has 0 aliphatic carbocycles. The van der Waals surface area contributed by atoms with Crippen molar-refractivity contribution >= 4 is 44.8 Å². The summed E-state index contributed by atoms with van der Waals surface area (Å²) in [5.74, 6) is -1.21. The zero-order chi connectivity index (χ0) is 25.1. The van der Waals surface area contributed by atoms with E-state index in [1.165, 1.54) is 12.0 Å². The summed E-state index contributed by atoms with van der Waals surface area (Å²) in [6.45, 7) is 5.90. The van der Waals surface area contributed by atoms with Crippen LogP contribution in [0, 0.1) is 0 Å². The molecule has 6 nitrogen and oxygen atoms in total. The summed E-state index contributed by atoms with van der Waals surface area (Å²) in [6, 6.07) is 21.0. The number of ether oxygens (including phenoxy) is 1. The lowest BCUT2D eigenvalue weighted by molar-refractivity contribution is -0.132. The molecule has 35 heavy (non-hydrogen) atoms. The molecule has 0 radical (unpaired) electrons. The van der Waals surface area contributed by atoms with Gasteiger partial charge in [-0.15, -0.1) is 0 Å². The molecule has 4 rings (SSSR count). The first-order valence-electron chi connectivity index (χ1n) is 11.5. The number of anilines is 2. The number of aliphatic hydroxyl groups excluding tert-OH is 1. The molecule has 1 aliphatic heterocycles. The van der Waals surface area contributed by atoms with Crippen molar-refractivity contribution in [1.82, 2.24) is 0 Å². The average Bonchev–Trinajstić information content (AvgIpc) is 3.15. The van der Waals surface area contributed by atoms with Gasteiger partial charge in [-0.05, 0) is 55.8 Å². The van der Waals surface area contributed by atoms with E-state index in [0.717, 1.165) is 23.2 Å². The lowest BCUT2D eigenvalue weighted by Crippen LogP contribution is -2.30. The molecule has 7 heteroatoms. The minimum atomic E-state index is -0.819. The van der Waals surface area contributed by atoms with Gasteiger partial charge in [-0.3, -0.25) is 14.5 Å². The lowest BCUT2D eigenvalue weighted by Gasteiger charge is -2.27. The van der Waals surface area contributed by atoms with E-state index in [2.05, 4.69) is 34.7 Å². The molecule has 0 aromatic heterocycles. The number of nitrogens with zero attached hydrogens (tertiary/aromatic N) is 2. The predicted molar refractivity (Wildman–Crippen MR) is 142 cm³/mol. The normalized spacial score (nSPS) is 17.0. The van der Waals surface area contributed by atoms with Crippen molar-refractivity contribution in [2.45, 2.75) is 19.9 Å². The Labute approximate surface area is 213 Å². The number of aliphatic hydroxyl groups is 1. The number of halogens is 1. The molecule has 1 saturated heterocycles. The smallest absolute Gasteiger partial charge is 0.300 e. The molecular weight excluding hydrogens is 508 g/mol. The highest BCUT2D eigenvalue weighted by molar-refractivity contribution is 9.10. The Bertz CT molecular complexity index is 1260. The third-order valence-corrected chi connectivity index (χ3v) is 6.77. The Kier molecular flexibility index (Phi) is 7.26. The van der Waals surface area contributed by atoms with Crippen molar-refractivity contribution in [2.24, 2.45) is 0 Å². The fourth-order valence-corrected chi connectivity index (χ4v) is 4.71. The topological polar surface area (TPSA) is 70.1 Å². The molecule has 0 spiro atoms. The lowest BCUT2D eigenvalue weighted by atomic mass is 9.95. The number of amides is 1. The van der Waals surface area contributed by atoms with Gasteiger partial charge in [-0.25, -0.2) is 0 Å². The third-order valence-electron chi connectivity index (χ3n) is 6.24. The number of carbonyl (C=O) groups is 2. The molecule has 1 amide bonds. The molecular formula is C28H27BrN2O4. The Morgan fingerprint density at radius 1 is 0.971 bits per heavy atom. The van der Waals surface area contributed by atoms with Crippen LogP contribution in [0.4, 0.5) is 11.4 Å². The fourth-order valence-electron chi connectivity index (χ4n) is 4.44. The van der Waals surface area contributed by atoms with Gasteiger partial charge in [0.15, 0.2) is 0 Å². The molecule has 1 heterocycles. The van der Waals surface area contributed by atoms with Crippen molar-refractivity contribution in [3.05, 3.63) is 94.0 Å². The van der Waals surface area contributed by atoms with Gasteiger partial charge in [-0.2, -0.15) is 0 Å². The number of rotatable bonds is 7. The molecule has 1 unspecified atom stereocenters. The van der Waals surface area contributed by atoms with Crippen LogP contribution in [0.5, 0.6) is 5.75 Å². The first-order chi connectivity index (χ1) is 16.9. The van der Waals surface area contributed by atoms with Crippen molar-refractivity contribution < 1.29 is 19.4 Å². The van der Waals surface area contributed by atoms with E-state index in [1.54, 1.807) is 48.5 Å². The number of para-hydroxylation sites is 2. The molecule has 1 aliphatic rings. The van der Waals surface area contributed by atoms with Crippen molar-refractivity contribution in [3.8, 4) is 5.75 Å². The van der Waals surface area contributed by atoms with Crippen molar-refractivity contribution in [3.63, 3.8) is 0 Å². The number of hydrogen-bond donors (Lipinski definition) is 1. The summed E-state index contributed by atoms with van der Waals surface area (Å²) >= 11 is 3.39. The van der Waals surface area contributed by atoms with Gasteiger partial charge in [-0.1, -0.05) is 52.3 Å². The van der Waals surface area contributed by atoms with Crippen LogP contribution in [0.15, 0.2) is 82.8 Å². The van der Waals surface area contributed by atoms with Crippen LogP contribution in [0.1, 0.15) is 31.0 Å². The second-order valence-corrected chi connectivity index (χ2v) is 9.03. The molecule has 0 saturated carbocycles. The Morgan fingerprint density at radius 2 is 1.60 bits per heavy atom. The van der Waals surface area contributed by atoms with E-state index >= 15 is 0 Å². The first-order valence-corrected chi connectivity index (χ1v) is 12.2. The van der Waals surface area contributed by atoms with Crippen LogP contribution in [-0.2, 0) is 9.59 Å². The summed E-state index contributed by atoms with van der Waals surface area (Å²) in [4.78, 5) is 30.4. The number of Topliss-reactive ketones (excluding diaryl/α,β-unsaturated/α-hetero) is 1. The SMILES string of the molecule is CCN(CC)c1ccc(C2/C(=C(/O)c3ccc(Br)cc3)C(=O)C(=O)N2c2ccccc2OC)cc1. The predicted octanol–water partition coefficient (Wildman–Crippen LogP) is 5.93. The maximum Gasteiger partial charge on any atom is 0.300 e. The number of methoxy groups -OCH3 is 1. The largest absolute Gasteiger partial charge is 0.507 e. The summed E-state index contributed by atoms with van der Waals surface area (Å²) in [7, 11) is 1.52. The van der Waals surface area contributed by atoms with Crippen molar-refractivity contribution in [2.75, 3.05) is 30.0 Å². The van der Waals surface area contributed by atoms with Gasteiger partial charge in [0.25, 0.3) is 11.7 Å². The van der Waals surface area contributed by atoms with E-state index in [-0.39, 0.29) is 11.3 Å². The van der Waals surface area contributed by atoms with Crippen LogP contribution in [-0.4, -0.2) is 37.0 Å². The van der Waals surface area contributed by atoms with Gasteiger partial charge in [0, 0.05) is 28.8 Å². The van der Waals surface area contributed by atoms with Gasteiger partial charge in [0.05, 0.1) is 24.4 Å². The number of hydrogen-bond acceptors (Lipinski definition) is 5. The van der Waals surface area contributed by atoms with E-state index < -0.39 is 17.7 Å². The zero-order valence-corrected chi connectivity index (χ0v) is 21.5. The second-order valence-electron chi connectivity index (χ2n) is 8.11. The number of carbonyl (C=O) groups excluding carboxylic acids is 2. The zero-order valence-electron chi connectivity index (χ0n) is 19.9. The van der Waals surface area contributed by atoms with Crippen LogP contribution in [0.2, 0.25) is 0 Å². The number of benzene rings is 3. The highest BCUT2D eigenvalue weighted by atomic mass is 79.9. The monoisotopic (exact) mass is 534 g/mol. The van der Waals surface area contributed by atoms with Gasteiger partial charge >= 0.3 is 0 Å². The highest BCUT2D eigenvalue weighted by Crippen LogP contribution is 2.45. The van der Waals surface area contributed by atoms with Gasteiger partial charge in [0.1, 0.15) is 11.5 Å². The van der Waals surface area contributed by atoms with Crippen LogP contribution in [0.3, 0.4) is 0 Å². The van der Waals surface area contributed by atoms with E-state index in [9.17, 15) is 14.7 Å². The molecule has 0 bridgehead atoms. The summed E-state index contributed by atoms with van der Waals surface area (Å²) in [5, 5.41) is 11.3. The molecule has 1 fully saturated rings. The average molecular weight is 535 g/mol. The van der Waals surface area contributed by atoms with Crippen molar-refractivity contribution in [1.29, 1.82) is 0 Å². The maximum atomic E-state index is 13.4. The molecule has 3 aromatic carbocycles. The summed E-state index contributed by atoms with van der Waals surface area (Å²) < 4.78 is 6.34. The highest BCUT2D eigenvalue weighted by Gasteiger charge is 2.47. The molecule has 1 N–H and O–H groups in total. The quantitative estimate of drug-likeness (QED) is 0.231. The standard InChI is InChI=1S/C28H27BrN2O4/c1-4-30(5-2)21-16-12-18(13-17-21)25-24(26(32)19-10-14-20(29)15-11-19)27(33)28(34)31(25)22-8-6-7-9-23(22)35-3/h6-17,25,32H,4-5H2,1-3H3/b26-24-. The minimum absolute atomic E-state index is 0.0406. The minimum Gasteiger partial charge on any atom is -0.507 e. The van der Waals surface area contributed by atoms with Crippen LogP contribution >= 0.6 is 15.9 Å². The summed E-state index contributed by atoms with van der Waals surface area (Å²) in [6.07, 6.45) is 0. The maximum absolute atomic E-state index is 13.4. The van der Waals surface area contributed by atoms with Gasteiger partial charge < -0.3 is 14.7 Å². The summed E-state index contributed by atoms with van der Waals surface area (Å²) in [5.41, 5.74) is 2.71. The third kappa shape index (κ3) is 4.56. The first kappa shape index (κ1) is 24.5. The van der Waals surface area contributed by atoms with E-state index in [4.69, 9.17) is 4.74 Å². The van der Waals surface area contributed by atoms with E-state index in [1.807, 2.05) is 24.3 Å². The second kappa shape index (κ2) is 10.4. The van der Waals surface area contributed by atoms with Crippen LogP contribution < -0.4 is 14.5 Å². The Hall–Kier alpha value is -3.58. The molecule has 3 aromatic rings. The van der Waals surface area contributed by atoms with Gasteiger partial charge in [0.2, 0.25) is 0 Å². The number of ketones is 1. The molecule has 1 atom stereocenters. The van der Waals surface area contributed by atoms with Crippen LogP contribution in [0.25, 0.3) is 5.76 Å². The van der Waals surface area contributed by atoms with E-state index in [0.29, 0.717) is 22.6 Å². The fraction of sp³-hybridized carbons (Fsp3) is 0.214. The Balaban J connectivity index is 1.92. The Morgan fingerprint density at radius 3 is 2.20 bits per heavy atom. The molecule has 180 valence electrons.